The van der Waals surface area contributed by atoms with Crippen LogP contribution < -0.4 is 4.90 Å². The molecule has 0 bridgehead atoms. The monoisotopic (exact) mass is 703 g/mol. The molecule has 0 unspecified atom stereocenters. The van der Waals surface area contributed by atoms with Crippen molar-refractivity contribution in [3.05, 3.63) is 200 Å². The van der Waals surface area contributed by atoms with Crippen LogP contribution in [0.5, 0.6) is 0 Å². The van der Waals surface area contributed by atoms with E-state index in [1.165, 1.54) is 32.7 Å². The number of nitrogens with zero attached hydrogens (tertiary/aromatic N) is 3. The van der Waals surface area contributed by atoms with Gasteiger partial charge in [-0.1, -0.05) is 133 Å². The Hall–Kier alpha value is -7.43. The maximum atomic E-state index is 6.79. The van der Waals surface area contributed by atoms with Crippen LogP contribution in [0.25, 0.3) is 82.7 Å². The highest BCUT2D eigenvalue weighted by Crippen LogP contribution is 2.49. The Morgan fingerprint density at radius 3 is 1.85 bits per heavy atom. The molecule has 0 saturated carbocycles. The van der Waals surface area contributed by atoms with Gasteiger partial charge in [0.05, 0.1) is 28.1 Å². The number of benzene rings is 9. The summed E-state index contributed by atoms with van der Waals surface area (Å²) >= 11 is 0. The van der Waals surface area contributed by atoms with Crippen LogP contribution in [0.1, 0.15) is 0 Å². The number of oxazole rings is 1. The van der Waals surface area contributed by atoms with Crippen molar-refractivity contribution in [3.8, 4) is 28.3 Å². The molecule has 2 heterocycles. The fraction of sp³-hybridized carbons (Fsp3) is 0. The Balaban J connectivity index is 1.27. The standard InChI is InChI=1S/C51H33N3O/c1-4-16-34(17-5-1)39-30-31-44(41-25-13-12-24-40(39)41)54(47-29-14-26-43-50(47)55-51(52-43)35-18-6-2-7-19-35)46-28-15-27-45-49(46)42-32-36-20-10-11-21-37(36)33-48(42)53(45)38-22-8-3-9-23-38/h1-33H. The molecule has 11 aromatic rings. The highest BCUT2D eigenvalue weighted by Gasteiger charge is 2.26. The van der Waals surface area contributed by atoms with Gasteiger partial charge < -0.3 is 13.9 Å². The van der Waals surface area contributed by atoms with Crippen LogP contribution in [0.2, 0.25) is 0 Å². The fourth-order valence-corrected chi connectivity index (χ4v) is 8.33. The van der Waals surface area contributed by atoms with E-state index in [1.807, 2.05) is 36.4 Å². The first-order valence-electron chi connectivity index (χ1n) is 18.6. The quantitative estimate of drug-likeness (QED) is 0.173. The summed E-state index contributed by atoms with van der Waals surface area (Å²) < 4.78 is 9.19. The maximum absolute atomic E-state index is 6.79. The highest BCUT2D eigenvalue weighted by atomic mass is 16.3. The SMILES string of the molecule is c1ccc(-c2nc3cccc(N(c4ccc(-c5ccccc5)c5ccccc45)c4cccc5c4c4cc6ccccc6cc4n5-c4ccccc4)c3o2)cc1. The summed E-state index contributed by atoms with van der Waals surface area (Å²) in [6.07, 6.45) is 0. The van der Waals surface area contributed by atoms with Crippen LogP contribution in [0.3, 0.4) is 0 Å². The molecule has 0 radical (unpaired) electrons. The smallest absolute Gasteiger partial charge is 0.227 e. The number of aromatic nitrogens is 2. The minimum absolute atomic E-state index is 0.595. The third-order valence-corrected chi connectivity index (χ3v) is 10.8. The molecule has 4 nitrogen and oxygen atoms in total. The molecule has 0 fully saturated rings. The van der Waals surface area contributed by atoms with Crippen molar-refractivity contribution in [1.29, 1.82) is 0 Å². The van der Waals surface area contributed by atoms with Gasteiger partial charge in [0, 0.05) is 27.4 Å². The minimum atomic E-state index is 0.595. The number of para-hydroxylation sites is 2. The normalized spacial score (nSPS) is 11.6. The van der Waals surface area contributed by atoms with Gasteiger partial charge in [0.1, 0.15) is 5.52 Å². The number of fused-ring (bicyclic) bond motifs is 6. The molecular weight excluding hydrogens is 671 g/mol. The van der Waals surface area contributed by atoms with Gasteiger partial charge in [0.2, 0.25) is 5.89 Å². The van der Waals surface area contributed by atoms with E-state index in [0.717, 1.165) is 61.2 Å². The topological polar surface area (TPSA) is 34.2 Å². The van der Waals surface area contributed by atoms with E-state index in [4.69, 9.17) is 9.40 Å². The predicted molar refractivity (Wildman–Crippen MR) is 229 cm³/mol. The molecular formula is C51H33N3O. The largest absolute Gasteiger partial charge is 0.434 e. The zero-order chi connectivity index (χ0) is 36.3. The Labute approximate surface area is 317 Å². The Kier molecular flexibility index (Phi) is 7.14. The molecule has 0 saturated heterocycles. The molecule has 0 aliphatic carbocycles. The molecule has 0 atom stereocenters. The fourth-order valence-electron chi connectivity index (χ4n) is 8.33. The molecule has 55 heavy (non-hydrogen) atoms. The van der Waals surface area contributed by atoms with Crippen LogP contribution in [0.4, 0.5) is 17.1 Å². The second-order valence-corrected chi connectivity index (χ2v) is 13.9. The summed E-state index contributed by atoms with van der Waals surface area (Å²) in [6.45, 7) is 0. The second-order valence-electron chi connectivity index (χ2n) is 13.9. The third kappa shape index (κ3) is 5.03. The van der Waals surface area contributed by atoms with E-state index in [1.54, 1.807) is 0 Å². The van der Waals surface area contributed by atoms with E-state index in [0.29, 0.717) is 5.89 Å². The molecule has 0 N–H and O–H groups in total. The second kappa shape index (κ2) is 12.6. The van der Waals surface area contributed by atoms with Crippen LogP contribution in [-0.4, -0.2) is 9.55 Å². The van der Waals surface area contributed by atoms with E-state index in [2.05, 4.69) is 173 Å². The number of hydrogen-bond acceptors (Lipinski definition) is 3. The lowest BCUT2D eigenvalue weighted by Gasteiger charge is -2.28. The first kappa shape index (κ1) is 31.1. The zero-order valence-electron chi connectivity index (χ0n) is 29.8. The van der Waals surface area contributed by atoms with Gasteiger partial charge in [0.15, 0.2) is 5.58 Å². The molecule has 0 aliphatic heterocycles. The third-order valence-electron chi connectivity index (χ3n) is 10.8. The van der Waals surface area contributed by atoms with Crippen molar-refractivity contribution in [2.45, 2.75) is 0 Å². The number of anilines is 3. The van der Waals surface area contributed by atoms with Crippen LogP contribution in [-0.2, 0) is 0 Å². The van der Waals surface area contributed by atoms with Crippen molar-refractivity contribution in [2.75, 3.05) is 4.90 Å². The van der Waals surface area contributed by atoms with Crippen molar-refractivity contribution in [2.24, 2.45) is 0 Å². The van der Waals surface area contributed by atoms with Gasteiger partial charge in [-0.2, -0.15) is 0 Å². The Bertz CT molecular complexity index is 3200. The molecule has 0 amide bonds. The summed E-state index contributed by atoms with van der Waals surface area (Å²) in [7, 11) is 0. The summed E-state index contributed by atoms with van der Waals surface area (Å²) in [5.41, 5.74) is 11.3. The van der Waals surface area contributed by atoms with E-state index in [9.17, 15) is 0 Å². The van der Waals surface area contributed by atoms with Crippen molar-refractivity contribution in [3.63, 3.8) is 0 Å². The van der Waals surface area contributed by atoms with E-state index < -0.39 is 0 Å². The Morgan fingerprint density at radius 2 is 1.07 bits per heavy atom. The minimum Gasteiger partial charge on any atom is -0.434 e. The lowest BCUT2D eigenvalue weighted by molar-refractivity contribution is 0.620. The molecule has 9 aromatic carbocycles. The lowest BCUT2D eigenvalue weighted by Crippen LogP contribution is -2.11. The first-order valence-corrected chi connectivity index (χ1v) is 18.6. The van der Waals surface area contributed by atoms with Crippen LogP contribution >= 0.6 is 0 Å². The van der Waals surface area contributed by atoms with Crippen molar-refractivity contribution in [1.82, 2.24) is 9.55 Å². The summed E-state index contributed by atoms with van der Waals surface area (Å²) in [6, 6.07) is 71.0. The summed E-state index contributed by atoms with van der Waals surface area (Å²) in [5.74, 6) is 0.595. The molecule has 4 heteroatoms. The molecule has 2 aromatic heterocycles. The average Bonchev–Trinajstić information content (AvgIpc) is 3.84. The molecule has 11 rings (SSSR count). The van der Waals surface area contributed by atoms with Crippen LogP contribution in [0, 0.1) is 0 Å². The predicted octanol–water partition coefficient (Wildman–Crippen LogP) is 14.0. The van der Waals surface area contributed by atoms with E-state index >= 15 is 0 Å². The van der Waals surface area contributed by atoms with Gasteiger partial charge in [-0.3, -0.25) is 0 Å². The van der Waals surface area contributed by atoms with Gasteiger partial charge in [-0.15, -0.1) is 0 Å². The molecule has 258 valence electrons. The first-order chi connectivity index (χ1) is 27.3. The summed E-state index contributed by atoms with van der Waals surface area (Å²) in [4.78, 5) is 7.42. The number of rotatable bonds is 6. The highest BCUT2D eigenvalue weighted by molar-refractivity contribution is 6.21. The maximum Gasteiger partial charge on any atom is 0.227 e. The van der Waals surface area contributed by atoms with E-state index in [-0.39, 0.29) is 0 Å². The molecule has 0 aliphatic rings. The van der Waals surface area contributed by atoms with Gasteiger partial charge in [0.25, 0.3) is 0 Å². The van der Waals surface area contributed by atoms with Gasteiger partial charge in [-0.25, -0.2) is 4.98 Å². The van der Waals surface area contributed by atoms with Crippen LogP contribution in [0.15, 0.2) is 205 Å². The lowest BCUT2D eigenvalue weighted by atomic mass is 9.96. The zero-order valence-corrected chi connectivity index (χ0v) is 29.8. The summed E-state index contributed by atoms with van der Waals surface area (Å²) in [5, 5.41) is 7.05. The van der Waals surface area contributed by atoms with Gasteiger partial charge in [-0.05, 0) is 94.0 Å². The Morgan fingerprint density at radius 1 is 0.436 bits per heavy atom. The van der Waals surface area contributed by atoms with Gasteiger partial charge >= 0.3 is 0 Å². The van der Waals surface area contributed by atoms with Crippen molar-refractivity contribution >= 4 is 71.5 Å². The number of hydrogen-bond donors (Lipinski definition) is 0. The van der Waals surface area contributed by atoms with Crippen molar-refractivity contribution < 1.29 is 4.42 Å². The average molecular weight is 704 g/mol. The molecule has 0 spiro atoms.